The van der Waals surface area contributed by atoms with Crippen molar-refractivity contribution in [3.8, 4) is 0 Å². The number of ether oxygens (including phenoxy) is 3. The fraction of sp³-hybridized carbons (Fsp3) is 1.00. The molecule has 0 aliphatic rings. The summed E-state index contributed by atoms with van der Waals surface area (Å²) in [4.78, 5) is 0. The van der Waals surface area contributed by atoms with Crippen molar-refractivity contribution in [3.05, 3.63) is 0 Å². The molecule has 1 atom stereocenters. The van der Waals surface area contributed by atoms with Crippen LogP contribution in [0.1, 0.15) is 13.8 Å². The summed E-state index contributed by atoms with van der Waals surface area (Å²) in [5, 5.41) is 3.25. The Bertz CT molecular complexity index is 120. The van der Waals surface area contributed by atoms with E-state index in [0.717, 1.165) is 19.7 Å². The van der Waals surface area contributed by atoms with E-state index < -0.39 is 0 Å². The first-order chi connectivity index (χ1) is 6.70. The molecule has 0 aromatic rings. The zero-order valence-corrected chi connectivity index (χ0v) is 9.71. The predicted molar refractivity (Wildman–Crippen MR) is 56.6 cm³/mol. The highest BCUT2D eigenvalue weighted by Crippen LogP contribution is 1.89. The highest BCUT2D eigenvalue weighted by Gasteiger charge is 2.05. The molecule has 1 N–H and O–H groups in total. The fourth-order valence-electron chi connectivity index (χ4n) is 1.03. The van der Waals surface area contributed by atoms with Gasteiger partial charge in [0.25, 0.3) is 0 Å². The Balaban J connectivity index is 3.24. The molecule has 0 amide bonds. The largest absolute Gasteiger partial charge is 0.382 e. The normalized spacial score (nSPS) is 13.5. The maximum absolute atomic E-state index is 5.38. The first-order valence-corrected chi connectivity index (χ1v) is 5.04. The summed E-state index contributed by atoms with van der Waals surface area (Å²) in [5.74, 6) is 0. The molecule has 0 aliphatic carbocycles. The Labute approximate surface area is 86.9 Å². The molecular formula is C10H23NO3. The van der Waals surface area contributed by atoms with Crippen LogP contribution >= 0.6 is 0 Å². The van der Waals surface area contributed by atoms with Crippen LogP contribution in [0.5, 0.6) is 0 Å². The molecule has 0 rings (SSSR count). The molecule has 14 heavy (non-hydrogen) atoms. The van der Waals surface area contributed by atoms with Crippen LogP contribution in [-0.2, 0) is 14.2 Å². The van der Waals surface area contributed by atoms with Crippen LogP contribution in [0.15, 0.2) is 0 Å². The Hall–Kier alpha value is -0.160. The number of nitrogens with one attached hydrogen (secondary N) is 1. The lowest BCUT2D eigenvalue weighted by atomic mass is 10.3. The molecule has 86 valence electrons. The van der Waals surface area contributed by atoms with Crippen LogP contribution in [0.3, 0.4) is 0 Å². The maximum Gasteiger partial charge on any atom is 0.0928 e. The smallest absolute Gasteiger partial charge is 0.0928 e. The van der Waals surface area contributed by atoms with Crippen LogP contribution in [0.25, 0.3) is 0 Å². The zero-order valence-electron chi connectivity index (χ0n) is 9.71. The molecule has 0 aromatic carbocycles. The van der Waals surface area contributed by atoms with Crippen molar-refractivity contribution in [3.63, 3.8) is 0 Å². The summed E-state index contributed by atoms with van der Waals surface area (Å²) >= 11 is 0. The number of rotatable bonds is 9. The lowest BCUT2D eigenvalue weighted by molar-refractivity contribution is 0.0261. The lowest BCUT2D eigenvalue weighted by Gasteiger charge is -2.15. The van der Waals surface area contributed by atoms with E-state index in [9.17, 15) is 0 Å². The molecular weight excluding hydrogens is 182 g/mol. The van der Waals surface area contributed by atoms with Crippen LogP contribution < -0.4 is 5.32 Å². The second-order valence-corrected chi connectivity index (χ2v) is 3.44. The van der Waals surface area contributed by atoms with Crippen LogP contribution in [-0.4, -0.2) is 52.7 Å². The third kappa shape index (κ3) is 8.44. The van der Waals surface area contributed by atoms with Gasteiger partial charge in [-0.05, 0) is 13.8 Å². The fourth-order valence-corrected chi connectivity index (χ4v) is 1.03. The average Bonchev–Trinajstić information content (AvgIpc) is 2.15. The van der Waals surface area contributed by atoms with Gasteiger partial charge in [0.2, 0.25) is 0 Å². The van der Waals surface area contributed by atoms with Gasteiger partial charge in [0, 0.05) is 27.3 Å². The molecule has 4 nitrogen and oxygen atoms in total. The van der Waals surface area contributed by atoms with Gasteiger partial charge in [-0.15, -0.1) is 0 Å². The topological polar surface area (TPSA) is 39.7 Å². The molecule has 0 heterocycles. The minimum absolute atomic E-state index is 0.124. The molecule has 1 unspecified atom stereocenters. The van der Waals surface area contributed by atoms with E-state index in [1.165, 1.54) is 0 Å². The highest BCUT2D eigenvalue weighted by atomic mass is 16.5. The number of methoxy groups -OCH3 is 2. The van der Waals surface area contributed by atoms with Gasteiger partial charge in [-0.2, -0.15) is 0 Å². The van der Waals surface area contributed by atoms with Gasteiger partial charge in [-0.1, -0.05) is 0 Å². The van der Waals surface area contributed by atoms with E-state index in [4.69, 9.17) is 14.2 Å². The molecule has 0 saturated heterocycles. The van der Waals surface area contributed by atoms with Crippen molar-refractivity contribution in [1.29, 1.82) is 0 Å². The summed E-state index contributed by atoms with van der Waals surface area (Å²) in [6.45, 7) is 7.06. The quantitative estimate of drug-likeness (QED) is 0.561. The molecule has 0 spiro atoms. The van der Waals surface area contributed by atoms with Crippen molar-refractivity contribution in [1.82, 2.24) is 5.32 Å². The summed E-state index contributed by atoms with van der Waals surface area (Å²) in [5.41, 5.74) is 0. The van der Waals surface area contributed by atoms with Crippen molar-refractivity contribution < 1.29 is 14.2 Å². The lowest BCUT2D eigenvalue weighted by Crippen LogP contribution is -2.33. The molecule has 0 radical (unpaired) electrons. The third-order valence-electron chi connectivity index (χ3n) is 1.79. The second-order valence-electron chi connectivity index (χ2n) is 3.44. The van der Waals surface area contributed by atoms with Crippen LogP contribution in [0.2, 0.25) is 0 Å². The van der Waals surface area contributed by atoms with Gasteiger partial charge in [-0.25, -0.2) is 0 Å². The van der Waals surface area contributed by atoms with Crippen LogP contribution in [0.4, 0.5) is 0 Å². The van der Waals surface area contributed by atoms with Crippen molar-refractivity contribution >= 4 is 0 Å². The summed E-state index contributed by atoms with van der Waals surface area (Å²) in [6, 6.07) is 0. The number of hydrogen-bond acceptors (Lipinski definition) is 4. The second kappa shape index (κ2) is 9.40. The zero-order chi connectivity index (χ0) is 10.8. The van der Waals surface area contributed by atoms with E-state index in [1.54, 1.807) is 14.2 Å². The van der Waals surface area contributed by atoms with Crippen molar-refractivity contribution in [2.75, 3.05) is 40.5 Å². The van der Waals surface area contributed by atoms with E-state index in [1.807, 2.05) is 13.8 Å². The molecule has 4 heteroatoms. The third-order valence-corrected chi connectivity index (χ3v) is 1.79. The van der Waals surface area contributed by atoms with E-state index in [2.05, 4.69) is 5.32 Å². The minimum atomic E-state index is 0.124. The standard InChI is InChI=1S/C10H23NO3/c1-9(2)14-6-5-11-7-10(13-4)8-12-3/h9-11H,5-8H2,1-4H3. The SMILES string of the molecule is COCC(CNCCOC(C)C)OC. The summed E-state index contributed by atoms with van der Waals surface area (Å²) in [6.07, 6.45) is 0.424. The Kier molecular flexibility index (Phi) is 9.29. The predicted octanol–water partition coefficient (Wildman–Crippen LogP) is 0.662. The van der Waals surface area contributed by atoms with Gasteiger partial charge in [0.1, 0.15) is 0 Å². The Morgan fingerprint density at radius 2 is 1.93 bits per heavy atom. The molecule has 0 aliphatic heterocycles. The molecule has 0 saturated carbocycles. The van der Waals surface area contributed by atoms with Gasteiger partial charge >= 0.3 is 0 Å². The molecule has 0 fully saturated rings. The number of hydrogen-bond donors (Lipinski definition) is 1. The average molecular weight is 205 g/mol. The van der Waals surface area contributed by atoms with E-state index >= 15 is 0 Å². The van der Waals surface area contributed by atoms with Gasteiger partial charge in [0.15, 0.2) is 0 Å². The summed E-state index contributed by atoms with van der Waals surface area (Å²) in [7, 11) is 3.36. The van der Waals surface area contributed by atoms with Crippen molar-refractivity contribution in [2.24, 2.45) is 0 Å². The van der Waals surface area contributed by atoms with Crippen LogP contribution in [0, 0.1) is 0 Å². The summed E-state index contributed by atoms with van der Waals surface area (Å²) < 4.78 is 15.6. The van der Waals surface area contributed by atoms with E-state index in [0.29, 0.717) is 12.7 Å². The van der Waals surface area contributed by atoms with Gasteiger partial charge in [0.05, 0.1) is 25.4 Å². The first-order valence-electron chi connectivity index (χ1n) is 5.04. The minimum Gasteiger partial charge on any atom is -0.382 e. The Morgan fingerprint density at radius 1 is 1.21 bits per heavy atom. The van der Waals surface area contributed by atoms with Gasteiger partial charge < -0.3 is 19.5 Å². The first kappa shape index (κ1) is 13.8. The van der Waals surface area contributed by atoms with E-state index in [-0.39, 0.29) is 6.10 Å². The maximum atomic E-state index is 5.38. The molecule has 0 aromatic heterocycles. The van der Waals surface area contributed by atoms with Gasteiger partial charge in [-0.3, -0.25) is 0 Å². The monoisotopic (exact) mass is 205 g/mol. The molecule has 0 bridgehead atoms. The Morgan fingerprint density at radius 3 is 2.43 bits per heavy atom. The van der Waals surface area contributed by atoms with Crippen molar-refractivity contribution in [2.45, 2.75) is 26.1 Å². The highest BCUT2D eigenvalue weighted by molar-refractivity contribution is 4.59.